The maximum Gasteiger partial charge on any atom is 0.376 e. The molecule has 138 valence electrons. The lowest BCUT2D eigenvalue weighted by atomic mass is 10.1. The number of benzene rings is 2. The van der Waals surface area contributed by atoms with Gasteiger partial charge in [0.2, 0.25) is 0 Å². The number of hydrogen-bond donors (Lipinski definition) is 3. The molecular formula is C19H19N4O3P. The van der Waals surface area contributed by atoms with E-state index in [9.17, 15) is 14.4 Å². The van der Waals surface area contributed by atoms with Gasteiger partial charge in [-0.05, 0) is 44.0 Å². The zero-order valence-electron chi connectivity index (χ0n) is 15.1. The Kier molecular flexibility index (Phi) is 4.03. The van der Waals surface area contributed by atoms with Crippen molar-refractivity contribution in [2.75, 3.05) is 5.32 Å². The molecule has 27 heavy (non-hydrogen) atoms. The Bertz CT molecular complexity index is 1220. The molecule has 8 heteroatoms. The molecule has 7 nitrogen and oxygen atoms in total. The standard InChI is InChI=1S/C19H19N4O3P/c1-11-8-12(2)16(13(3)9-11)22-18-17-19(27(24,25)26)20-10-23(17)15-7-5-4-6-14(15)21-18/h4-10H,1-3H3,(H,21,22)(H2,24,25,26). The maximum atomic E-state index is 12.0. The monoisotopic (exact) mass is 382 g/mol. The molecule has 0 saturated heterocycles. The molecule has 3 N–H and O–H groups in total. The molecule has 0 saturated carbocycles. The molecule has 0 aliphatic rings. The van der Waals surface area contributed by atoms with E-state index in [1.165, 1.54) is 6.33 Å². The fraction of sp³-hybridized carbons (Fsp3) is 0.158. The summed E-state index contributed by atoms with van der Waals surface area (Å²) in [6, 6.07) is 11.5. The van der Waals surface area contributed by atoms with Gasteiger partial charge >= 0.3 is 7.60 Å². The van der Waals surface area contributed by atoms with Gasteiger partial charge in [0, 0.05) is 5.69 Å². The lowest BCUT2D eigenvalue weighted by molar-refractivity contribution is 0.386. The minimum Gasteiger partial charge on any atom is -0.338 e. The van der Waals surface area contributed by atoms with Crippen molar-refractivity contribution < 1.29 is 14.4 Å². The molecule has 0 atom stereocenters. The third kappa shape index (κ3) is 3.00. The first kappa shape index (κ1) is 17.7. The molecule has 0 bridgehead atoms. The second-order valence-corrected chi connectivity index (χ2v) is 8.19. The first-order valence-electron chi connectivity index (χ1n) is 8.42. The molecular weight excluding hydrogens is 363 g/mol. The molecule has 0 amide bonds. The number of anilines is 2. The largest absolute Gasteiger partial charge is 0.376 e. The molecule has 0 radical (unpaired) electrons. The molecule has 0 aliphatic carbocycles. The second-order valence-electron chi connectivity index (χ2n) is 6.68. The summed E-state index contributed by atoms with van der Waals surface area (Å²) in [6.45, 7) is 6.00. The van der Waals surface area contributed by atoms with Crippen LogP contribution in [0.1, 0.15) is 16.7 Å². The first-order valence-corrected chi connectivity index (χ1v) is 10.0. The van der Waals surface area contributed by atoms with Crippen LogP contribution in [-0.2, 0) is 4.57 Å². The van der Waals surface area contributed by atoms with E-state index in [0.29, 0.717) is 11.3 Å². The SMILES string of the molecule is Cc1cc(C)c(Nc2nc3ccccc3n3cnc(P(=O)(O)O)c23)c(C)c1. The van der Waals surface area contributed by atoms with E-state index >= 15 is 0 Å². The van der Waals surface area contributed by atoms with Crippen molar-refractivity contribution in [3.8, 4) is 0 Å². The smallest absolute Gasteiger partial charge is 0.338 e. The van der Waals surface area contributed by atoms with Crippen molar-refractivity contribution in [1.82, 2.24) is 14.4 Å². The summed E-state index contributed by atoms with van der Waals surface area (Å²) in [6.07, 6.45) is 1.42. The normalized spacial score (nSPS) is 12.0. The van der Waals surface area contributed by atoms with Crippen LogP contribution in [0.25, 0.3) is 16.6 Å². The molecule has 0 fully saturated rings. The quantitative estimate of drug-likeness (QED) is 0.470. The van der Waals surface area contributed by atoms with Gasteiger partial charge in [-0.15, -0.1) is 0 Å². The topological polar surface area (TPSA) is 99.8 Å². The number of para-hydroxylation sites is 2. The van der Waals surface area contributed by atoms with Crippen molar-refractivity contribution in [2.24, 2.45) is 0 Å². The maximum absolute atomic E-state index is 12.0. The fourth-order valence-corrected chi connectivity index (χ4v) is 4.17. The summed E-state index contributed by atoms with van der Waals surface area (Å²) in [5.41, 5.74) is 5.48. The number of aryl methyl sites for hydroxylation is 3. The van der Waals surface area contributed by atoms with Gasteiger partial charge in [-0.3, -0.25) is 8.97 Å². The van der Waals surface area contributed by atoms with Crippen LogP contribution >= 0.6 is 7.60 Å². The summed E-state index contributed by atoms with van der Waals surface area (Å²) in [4.78, 5) is 28.2. The minimum absolute atomic E-state index is 0.279. The van der Waals surface area contributed by atoms with Crippen LogP contribution in [0.3, 0.4) is 0 Å². The van der Waals surface area contributed by atoms with E-state index in [-0.39, 0.29) is 11.0 Å². The van der Waals surface area contributed by atoms with Gasteiger partial charge in [0.1, 0.15) is 11.8 Å². The first-order chi connectivity index (χ1) is 12.8. The molecule has 2 heterocycles. The Morgan fingerprint density at radius 1 is 1.07 bits per heavy atom. The molecule has 0 spiro atoms. The van der Waals surface area contributed by atoms with Gasteiger partial charge in [-0.1, -0.05) is 29.8 Å². The Morgan fingerprint density at radius 3 is 2.41 bits per heavy atom. The van der Waals surface area contributed by atoms with E-state index in [0.717, 1.165) is 27.9 Å². The molecule has 4 rings (SSSR count). The third-order valence-corrected chi connectivity index (χ3v) is 5.42. The molecule has 2 aromatic carbocycles. The van der Waals surface area contributed by atoms with Crippen LogP contribution < -0.4 is 10.8 Å². The number of aromatic nitrogens is 3. The van der Waals surface area contributed by atoms with Gasteiger partial charge in [0.25, 0.3) is 0 Å². The van der Waals surface area contributed by atoms with Gasteiger partial charge in [-0.2, -0.15) is 0 Å². The van der Waals surface area contributed by atoms with Crippen molar-refractivity contribution in [3.63, 3.8) is 0 Å². The van der Waals surface area contributed by atoms with E-state index < -0.39 is 7.60 Å². The minimum atomic E-state index is -4.57. The van der Waals surface area contributed by atoms with Crippen molar-refractivity contribution in [2.45, 2.75) is 20.8 Å². The van der Waals surface area contributed by atoms with Gasteiger partial charge in [0.15, 0.2) is 11.3 Å². The van der Waals surface area contributed by atoms with Crippen molar-refractivity contribution in [3.05, 3.63) is 59.4 Å². The van der Waals surface area contributed by atoms with Gasteiger partial charge in [0.05, 0.1) is 11.0 Å². The molecule has 0 unspecified atom stereocenters. The highest BCUT2D eigenvalue weighted by Crippen LogP contribution is 2.37. The van der Waals surface area contributed by atoms with Gasteiger partial charge in [-0.25, -0.2) is 9.97 Å². The highest BCUT2D eigenvalue weighted by atomic mass is 31.2. The summed E-state index contributed by atoms with van der Waals surface area (Å²) in [7, 11) is -4.57. The number of fused-ring (bicyclic) bond motifs is 3. The Morgan fingerprint density at radius 2 is 1.74 bits per heavy atom. The number of nitrogens with zero attached hydrogens (tertiary/aromatic N) is 3. The molecule has 4 aromatic rings. The summed E-state index contributed by atoms with van der Waals surface area (Å²) >= 11 is 0. The third-order valence-electron chi connectivity index (χ3n) is 4.54. The number of hydrogen-bond acceptors (Lipinski definition) is 4. The Labute approximate surface area is 155 Å². The van der Waals surface area contributed by atoms with Crippen molar-refractivity contribution >= 4 is 41.1 Å². The summed E-state index contributed by atoms with van der Waals surface area (Å²) < 4.78 is 13.7. The summed E-state index contributed by atoms with van der Waals surface area (Å²) in [5.74, 6) is 0.361. The zero-order valence-corrected chi connectivity index (χ0v) is 16.0. The molecule has 0 aliphatic heterocycles. The lowest BCUT2D eigenvalue weighted by Crippen LogP contribution is -2.10. The highest BCUT2D eigenvalue weighted by Gasteiger charge is 2.27. The van der Waals surface area contributed by atoms with Crippen LogP contribution in [-0.4, -0.2) is 24.2 Å². The summed E-state index contributed by atoms with van der Waals surface area (Å²) in [5, 5.41) is 3.29. The lowest BCUT2D eigenvalue weighted by Gasteiger charge is -2.16. The van der Waals surface area contributed by atoms with E-state index in [4.69, 9.17) is 0 Å². The fourth-order valence-electron chi connectivity index (χ4n) is 3.47. The van der Waals surface area contributed by atoms with E-state index in [1.54, 1.807) is 4.40 Å². The highest BCUT2D eigenvalue weighted by molar-refractivity contribution is 7.60. The predicted molar refractivity (Wildman–Crippen MR) is 106 cm³/mol. The predicted octanol–water partition coefficient (Wildman–Crippen LogP) is 3.35. The van der Waals surface area contributed by atoms with E-state index in [1.807, 2.05) is 57.2 Å². The van der Waals surface area contributed by atoms with Crippen LogP contribution in [0.5, 0.6) is 0 Å². The van der Waals surface area contributed by atoms with Crippen LogP contribution in [0.15, 0.2) is 42.7 Å². The number of rotatable bonds is 3. The number of nitrogens with one attached hydrogen (secondary N) is 1. The number of imidazole rings is 1. The zero-order chi connectivity index (χ0) is 19.3. The average molecular weight is 382 g/mol. The van der Waals surface area contributed by atoms with Crippen LogP contribution in [0.2, 0.25) is 0 Å². The average Bonchev–Trinajstić information content (AvgIpc) is 3.04. The van der Waals surface area contributed by atoms with Gasteiger partial charge < -0.3 is 15.1 Å². The van der Waals surface area contributed by atoms with E-state index in [2.05, 4.69) is 15.3 Å². The Hall–Kier alpha value is -2.73. The molecule has 2 aromatic heterocycles. The van der Waals surface area contributed by atoms with Crippen molar-refractivity contribution in [1.29, 1.82) is 0 Å². The van der Waals surface area contributed by atoms with Crippen LogP contribution in [0.4, 0.5) is 11.5 Å². The second kappa shape index (κ2) is 6.16. The van der Waals surface area contributed by atoms with Crippen LogP contribution in [0, 0.1) is 20.8 Å². The Balaban J connectivity index is 2.04.